The third-order valence-electron chi connectivity index (χ3n) is 10.8. The largest absolute Gasteiger partial charge is 0.278 e. The zero-order chi connectivity index (χ0) is 36.3. The third kappa shape index (κ3) is 5.26. The van der Waals surface area contributed by atoms with Crippen molar-refractivity contribution in [2.45, 2.75) is 0 Å². The molecule has 2 heterocycles. The monoisotopic (exact) mass is 700 g/mol. The molecule has 0 fully saturated rings. The van der Waals surface area contributed by atoms with Crippen molar-refractivity contribution in [2.24, 2.45) is 0 Å². The van der Waals surface area contributed by atoms with E-state index in [1.807, 2.05) is 60.7 Å². The Morgan fingerprint density at radius 2 is 0.873 bits per heavy atom. The highest BCUT2D eigenvalue weighted by Crippen LogP contribution is 2.39. The normalized spacial score (nSPS) is 11.6. The minimum absolute atomic E-state index is 0.589. The van der Waals surface area contributed by atoms with Crippen LogP contribution in [0, 0.1) is 0 Å². The van der Waals surface area contributed by atoms with Gasteiger partial charge in [-0.2, -0.15) is 9.97 Å². The molecule has 0 aliphatic carbocycles. The lowest BCUT2D eigenvalue weighted by molar-refractivity contribution is 0.953. The van der Waals surface area contributed by atoms with Gasteiger partial charge in [0.05, 0.1) is 11.0 Å². The van der Waals surface area contributed by atoms with Crippen LogP contribution in [0.25, 0.3) is 105 Å². The first-order chi connectivity index (χ1) is 27.2. The Morgan fingerprint density at radius 3 is 1.64 bits per heavy atom. The molecule has 2 aromatic heterocycles. The van der Waals surface area contributed by atoms with E-state index in [0.717, 1.165) is 27.5 Å². The molecule has 9 aromatic carbocycles. The molecule has 0 aliphatic rings. The van der Waals surface area contributed by atoms with Crippen LogP contribution in [0.15, 0.2) is 194 Å². The SMILES string of the molecule is c1ccc(-c2nc(-c3ccccc3)nc(-n3c4ccccc4c4c5cc(-c6ccc7ccc(-c8cccc9ccccc89)cc7c6)ccc5ccc43)n2)cc1. The minimum Gasteiger partial charge on any atom is -0.278 e. The van der Waals surface area contributed by atoms with Crippen molar-refractivity contribution in [3.8, 4) is 51.0 Å². The Kier molecular flexibility index (Phi) is 7.14. The van der Waals surface area contributed by atoms with E-state index in [9.17, 15) is 0 Å². The molecule has 4 nitrogen and oxygen atoms in total. The predicted molar refractivity (Wildman–Crippen MR) is 228 cm³/mol. The van der Waals surface area contributed by atoms with Crippen LogP contribution in [0.1, 0.15) is 0 Å². The lowest BCUT2D eigenvalue weighted by Gasteiger charge is -2.11. The lowest BCUT2D eigenvalue weighted by atomic mass is 9.94. The molecule has 0 atom stereocenters. The van der Waals surface area contributed by atoms with Gasteiger partial charge in [0.2, 0.25) is 5.95 Å². The average Bonchev–Trinajstić information content (AvgIpc) is 3.61. The van der Waals surface area contributed by atoms with Gasteiger partial charge in [0.1, 0.15) is 0 Å². The average molecular weight is 701 g/mol. The van der Waals surface area contributed by atoms with Gasteiger partial charge < -0.3 is 0 Å². The maximum Gasteiger partial charge on any atom is 0.238 e. The summed E-state index contributed by atoms with van der Waals surface area (Å²) in [6.45, 7) is 0. The Morgan fingerprint density at radius 1 is 0.309 bits per heavy atom. The summed E-state index contributed by atoms with van der Waals surface area (Å²) in [4.78, 5) is 15.2. The quantitative estimate of drug-likeness (QED) is 0.179. The Hall–Kier alpha value is -7.43. The van der Waals surface area contributed by atoms with E-state index in [4.69, 9.17) is 15.0 Å². The van der Waals surface area contributed by atoms with Gasteiger partial charge in [-0.25, -0.2) is 4.98 Å². The smallest absolute Gasteiger partial charge is 0.238 e. The van der Waals surface area contributed by atoms with Gasteiger partial charge in [0, 0.05) is 21.9 Å². The zero-order valence-electron chi connectivity index (χ0n) is 29.8. The van der Waals surface area contributed by atoms with Crippen LogP contribution in [0.5, 0.6) is 0 Å². The topological polar surface area (TPSA) is 43.6 Å². The zero-order valence-corrected chi connectivity index (χ0v) is 29.8. The van der Waals surface area contributed by atoms with E-state index in [1.165, 1.54) is 60.0 Å². The molecule has 11 rings (SSSR count). The molecule has 0 N–H and O–H groups in total. The highest BCUT2D eigenvalue weighted by Gasteiger charge is 2.19. The molecule has 55 heavy (non-hydrogen) atoms. The first-order valence-electron chi connectivity index (χ1n) is 18.6. The van der Waals surface area contributed by atoms with E-state index in [-0.39, 0.29) is 0 Å². The number of para-hydroxylation sites is 1. The van der Waals surface area contributed by atoms with E-state index < -0.39 is 0 Å². The van der Waals surface area contributed by atoms with Gasteiger partial charge >= 0.3 is 0 Å². The van der Waals surface area contributed by atoms with Crippen LogP contribution in [-0.2, 0) is 0 Å². The fraction of sp³-hybridized carbons (Fsp3) is 0. The predicted octanol–water partition coefficient (Wildman–Crippen LogP) is 13.1. The molecule has 0 unspecified atom stereocenters. The van der Waals surface area contributed by atoms with Gasteiger partial charge in [-0.05, 0) is 84.9 Å². The van der Waals surface area contributed by atoms with Gasteiger partial charge in [-0.15, -0.1) is 0 Å². The minimum atomic E-state index is 0.589. The standard InChI is InChI=1S/C51H32N4/c1-3-13-36(14-4-1)49-52-50(37-15-5-2-6-16-37)54-51(53-49)55-46-21-10-9-19-44(46)48-45-32-39(26-24-35(45)28-29-47(48)55)38-25-22-33-23-27-40(31-41(33)30-38)43-20-11-17-34-12-7-8-18-42(34)43/h1-32H. The first kappa shape index (κ1) is 31.1. The van der Waals surface area contributed by atoms with Crippen LogP contribution < -0.4 is 0 Å². The number of fused-ring (bicyclic) bond motifs is 7. The van der Waals surface area contributed by atoms with E-state index in [1.54, 1.807) is 0 Å². The van der Waals surface area contributed by atoms with Gasteiger partial charge in [0.15, 0.2) is 11.6 Å². The Balaban J connectivity index is 1.09. The van der Waals surface area contributed by atoms with Crippen molar-refractivity contribution in [3.05, 3.63) is 194 Å². The molecular weight excluding hydrogens is 669 g/mol. The highest BCUT2D eigenvalue weighted by atomic mass is 15.2. The van der Waals surface area contributed by atoms with Gasteiger partial charge in [-0.1, -0.05) is 164 Å². The lowest BCUT2D eigenvalue weighted by Crippen LogP contribution is -2.06. The second-order valence-corrected chi connectivity index (χ2v) is 14.1. The fourth-order valence-electron chi connectivity index (χ4n) is 8.15. The maximum absolute atomic E-state index is 5.13. The molecular formula is C51H32N4. The molecule has 0 saturated carbocycles. The van der Waals surface area contributed by atoms with Crippen molar-refractivity contribution < 1.29 is 0 Å². The van der Waals surface area contributed by atoms with Gasteiger partial charge in [0.25, 0.3) is 0 Å². The number of benzene rings is 9. The number of aromatic nitrogens is 4. The second-order valence-electron chi connectivity index (χ2n) is 14.1. The Labute approximate surface area is 317 Å². The Bertz CT molecular complexity index is 3190. The first-order valence-corrected chi connectivity index (χ1v) is 18.6. The molecule has 11 aromatic rings. The molecule has 0 radical (unpaired) electrons. The molecule has 0 aliphatic heterocycles. The van der Waals surface area contributed by atoms with E-state index in [2.05, 4.69) is 138 Å². The maximum atomic E-state index is 5.13. The van der Waals surface area contributed by atoms with E-state index >= 15 is 0 Å². The van der Waals surface area contributed by atoms with Crippen molar-refractivity contribution in [1.82, 2.24) is 19.5 Å². The summed E-state index contributed by atoms with van der Waals surface area (Å²) in [7, 11) is 0. The van der Waals surface area contributed by atoms with Gasteiger partial charge in [-0.3, -0.25) is 4.57 Å². The molecule has 0 spiro atoms. The van der Waals surface area contributed by atoms with Crippen molar-refractivity contribution in [3.63, 3.8) is 0 Å². The summed E-state index contributed by atoms with van der Waals surface area (Å²) in [5.41, 5.74) is 8.81. The summed E-state index contributed by atoms with van der Waals surface area (Å²) in [6.07, 6.45) is 0. The third-order valence-corrected chi connectivity index (χ3v) is 10.8. The molecule has 4 heteroatoms. The molecule has 0 saturated heterocycles. The van der Waals surface area contributed by atoms with Crippen LogP contribution in [0.2, 0.25) is 0 Å². The highest BCUT2D eigenvalue weighted by molar-refractivity contribution is 6.21. The fourth-order valence-corrected chi connectivity index (χ4v) is 8.15. The summed E-state index contributed by atoms with van der Waals surface area (Å²) < 4.78 is 2.20. The number of hydrogen-bond acceptors (Lipinski definition) is 3. The molecule has 0 amide bonds. The molecule has 256 valence electrons. The van der Waals surface area contributed by atoms with Crippen molar-refractivity contribution in [2.75, 3.05) is 0 Å². The van der Waals surface area contributed by atoms with Crippen molar-refractivity contribution >= 4 is 54.1 Å². The van der Waals surface area contributed by atoms with Crippen LogP contribution in [-0.4, -0.2) is 19.5 Å². The number of rotatable bonds is 5. The summed E-state index contributed by atoms with van der Waals surface area (Å²) >= 11 is 0. The van der Waals surface area contributed by atoms with Crippen LogP contribution in [0.4, 0.5) is 0 Å². The van der Waals surface area contributed by atoms with Crippen LogP contribution in [0.3, 0.4) is 0 Å². The second kappa shape index (κ2) is 12.6. The number of hydrogen-bond donors (Lipinski definition) is 0. The van der Waals surface area contributed by atoms with Crippen molar-refractivity contribution in [1.29, 1.82) is 0 Å². The number of nitrogens with zero attached hydrogens (tertiary/aromatic N) is 4. The van der Waals surface area contributed by atoms with E-state index in [0.29, 0.717) is 17.6 Å². The summed E-state index contributed by atoms with van der Waals surface area (Å²) in [6, 6.07) is 68.9. The van der Waals surface area contributed by atoms with Crippen LogP contribution >= 0.6 is 0 Å². The summed E-state index contributed by atoms with van der Waals surface area (Å²) in [5, 5.41) is 9.67. The molecule has 0 bridgehead atoms. The summed E-state index contributed by atoms with van der Waals surface area (Å²) in [5.74, 6) is 1.86.